The number of benzene rings is 2. The number of hydrogen-bond donors (Lipinski definition) is 1. The van der Waals surface area contributed by atoms with E-state index >= 15 is 0 Å². The molecule has 5 rings (SSSR count). The van der Waals surface area contributed by atoms with E-state index in [2.05, 4.69) is 43.9 Å². The van der Waals surface area contributed by atoms with Crippen LogP contribution in [0.1, 0.15) is 53.9 Å². The number of hydrogen-bond acceptors (Lipinski definition) is 6. The number of alkyl halides is 3. The molecule has 2 aromatic carbocycles. The molecule has 12 heteroatoms. The van der Waals surface area contributed by atoms with Crippen molar-refractivity contribution in [1.82, 2.24) is 14.8 Å². The number of carbonyl (C=O) groups excluding carboxylic acids is 1. The molecule has 2 aromatic heterocycles. The normalized spacial score (nSPS) is 15.5. The number of nitrogen functional groups attached to an aromatic ring is 1. The van der Waals surface area contributed by atoms with Crippen LogP contribution >= 0.6 is 0 Å². The highest BCUT2D eigenvalue weighted by atomic mass is 28.4. The number of halogens is 3. The van der Waals surface area contributed by atoms with E-state index in [1.54, 1.807) is 48.4 Å². The number of nitrogens with two attached hydrogens (primary N) is 1. The van der Waals surface area contributed by atoms with Gasteiger partial charge in [0.25, 0.3) is 5.91 Å². The van der Waals surface area contributed by atoms with Gasteiger partial charge in [0.05, 0.1) is 35.6 Å². The Morgan fingerprint density at radius 3 is 2.55 bits per heavy atom. The zero-order chi connectivity index (χ0) is 30.6. The highest BCUT2D eigenvalue weighted by Gasteiger charge is 2.39. The molecule has 1 atom stereocenters. The van der Waals surface area contributed by atoms with Crippen LogP contribution in [0.4, 0.5) is 24.7 Å². The molecular weight excluding hydrogens is 563 g/mol. The van der Waals surface area contributed by atoms with Crippen LogP contribution in [0.3, 0.4) is 0 Å². The molecule has 2 N–H and O–H groups in total. The summed E-state index contributed by atoms with van der Waals surface area (Å²) in [7, 11) is -0.361. The number of aromatic nitrogens is 3. The zero-order valence-electron chi connectivity index (χ0n) is 24.4. The summed E-state index contributed by atoms with van der Waals surface area (Å²) in [5.74, 6) is 0.0874. The van der Waals surface area contributed by atoms with Crippen molar-refractivity contribution in [2.45, 2.75) is 57.7 Å². The summed E-state index contributed by atoms with van der Waals surface area (Å²) in [4.78, 5) is 20.2. The third-order valence-corrected chi connectivity index (χ3v) is 12.6. The molecule has 42 heavy (non-hydrogen) atoms. The first-order chi connectivity index (χ1) is 19.5. The first-order valence-corrected chi connectivity index (χ1v) is 16.5. The van der Waals surface area contributed by atoms with Gasteiger partial charge in [0, 0.05) is 29.8 Å². The first kappa shape index (κ1) is 29.6. The Kier molecular flexibility index (Phi) is 7.34. The summed E-state index contributed by atoms with van der Waals surface area (Å²) < 4.78 is 53.7. The van der Waals surface area contributed by atoms with Crippen molar-refractivity contribution < 1.29 is 27.1 Å². The molecule has 0 aliphatic carbocycles. The van der Waals surface area contributed by atoms with Crippen LogP contribution in [-0.4, -0.2) is 35.6 Å². The number of nitrogens with zero attached hydrogens (tertiary/aromatic N) is 4. The van der Waals surface area contributed by atoms with Gasteiger partial charge in [0.15, 0.2) is 8.32 Å². The molecule has 0 bridgehead atoms. The highest BCUT2D eigenvalue weighted by molar-refractivity contribution is 6.74. The van der Waals surface area contributed by atoms with E-state index in [1.807, 2.05) is 0 Å². The van der Waals surface area contributed by atoms with Gasteiger partial charge in [-0.3, -0.25) is 14.4 Å². The molecule has 0 fully saturated rings. The third kappa shape index (κ3) is 5.60. The third-order valence-electron chi connectivity index (χ3n) is 8.15. The van der Waals surface area contributed by atoms with Crippen LogP contribution in [0.15, 0.2) is 54.9 Å². The molecule has 3 heterocycles. The molecule has 0 spiro atoms. The van der Waals surface area contributed by atoms with Crippen molar-refractivity contribution in [1.29, 1.82) is 0 Å². The lowest BCUT2D eigenvalue weighted by Gasteiger charge is -2.36. The molecule has 1 aliphatic heterocycles. The maximum atomic E-state index is 14.2. The van der Waals surface area contributed by atoms with Gasteiger partial charge in [-0.05, 0) is 60.1 Å². The summed E-state index contributed by atoms with van der Waals surface area (Å²) in [5.41, 5.74) is 8.09. The maximum Gasteiger partial charge on any atom is 0.416 e. The topological polar surface area (TPSA) is 95.5 Å². The summed E-state index contributed by atoms with van der Waals surface area (Å²) in [6, 6.07) is 9.63. The number of pyridine rings is 1. The Hall–Kier alpha value is -3.90. The van der Waals surface area contributed by atoms with Crippen LogP contribution in [0.5, 0.6) is 5.75 Å². The fraction of sp³-hybridized carbons (Fsp3) is 0.367. The molecule has 1 amide bonds. The Morgan fingerprint density at radius 2 is 1.90 bits per heavy atom. The lowest BCUT2D eigenvalue weighted by Crippen LogP contribution is -2.40. The summed E-state index contributed by atoms with van der Waals surface area (Å²) in [6.07, 6.45) is -1.28. The van der Waals surface area contributed by atoms with Gasteiger partial charge in [-0.15, -0.1) is 0 Å². The zero-order valence-corrected chi connectivity index (χ0v) is 25.4. The smallest absolute Gasteiger partial charge is 0.416 e. The molecule has 0 radical (unpaired) electrons. The first-order valence-electron chi connectivity index (χ1n) is 13.5. The average molecular weight is 598 g/mol. The van der Waals surface area contributed by atoms with Gasteiger partial charge in [0.1, 0.15) is 18.2 Å². The number of ether oxygens (including phenoxy) is 1. The van der Waals surface area contributed by atoms with Crippen LogP contribution in [-0.2, 0) is 24.3 Å². The van der Waals surface area contributed by atoms with Crippen molar-refractivity contribution in [2.75, 3.05) is 17.2 Å². The second-order valence-corrected chi connectivity index (χ2v) is 16.9. The van der Waals surface area contributed by atoms with Gasteiger partial charge in [-0.2, -0.15) is 18.3 Å². The molecule has 0 saturated heterocycles. The number of aryl methyl sites for hydroxylation is 1. The fourth-order valence-corrected chi connectivity index (χ4v) is 5.69. The number of rotatable bonds is 6. The Bertz CT molecular complexity index is 1660. The maximum absolute atomic E-state index is 14.2. The fourth-order valence-electron chi connectivity index (χ4n) is 4.74. The van der Waals surface area contributed by atoms with Crippen LogP contribution in [0, 0.1) is 0 Å². The number of amides is 1. The Morgan fingerprint density at radius 1 is 1.17 bits per heavy atom. The second kappa shape index (κ2) is 10.4. The van der Waals surface area contributed by atoms with Crippen molar-refractivity contribution >= 4 is 36.6 Å². The highest BCUT2D eigenvalue weighted by Crippen LogP contribution is 2.43. The monoisotopic (exact) mass is 597 g/mol. The minimum absolute atomic E-state index is 0.00540. The molecule has 1 unspecified atom stereocenters. The van der Waals surface area contributed by atoms with Crippen molar-refractivity contribution in [3.63, 3.8) is 0 Å². The largest absolute Gasteiger partial charge is 0.491 e. The standard InChI is InChI=1S/C30H34F3N5O3Si/c1-29(2,3)42(5,6)41-16-19-12-27(34)36-24-10-7-18(11-23(19)24)28(39)38(21-14-35-37(4)15-21)25-17-40-26-13-20(30(31,32)33)8-9-22(25)26/h7-15,25H,16-17H2,1-6H3,(H2,34,36). The van der Waals surface area contributed by atoms with Crippen LogP contribution < -0.4 is 15.4 Å². The van der Waals surface area contributed by atoms with Crippen molar-refractivity contribution in [2.24, 2.45) is 7.05 Å². The Balaban J connectivity index is 1.55. The number of carbonyl (C=O) groups is 1. The lowest BCUT2D eigenvalue weighted by atomic mass is 10.0. The SMILES string of the molecule is Cn1cc(N(C(=O)c2ccc3nc(N)cc(CO[Si](C)(C)C(C)(C)C)c3c2)C2COc3cc(C(F)(F)F)ccc32)cn1. The van der Waals surface area contributed by atoms with Gasteiger partial charge >= 0.3 is 6.18 Å². The van der Waals surface area contributed by atoms with E-state index in [0.717, 1.165) is 23.1 Å². The predicted molar refractivity (Wildman–Crippen MR) is 158 cm³/mol. The van der Waals surface area contributed by atoms with E-state index in [9.17, 15) is 18.0 Å². The molecule has 1 aliphatic rings. The van der Waals surface area contributed by atoms with Crippen LogP contribution in [0.25, 0.3) is 10.9 Å². The quantitative estimate of drug-likeness (QED) is 0.244. The van der Waals surface area contributed by atoms with E-state index < -0.39 is 26.1 Å². The molecular formula is C30H34F3N5O3Si. The van der Waals surface area contributed by atoms with E-state index in [1.165, 1.54) is 11.0 Å². The minimum atomic E-state index is -4.51. The van der Waals surface area contributed by atoms with E-state index in [4.69, 9.17) is 14.9 Å². The summed E-state index contributed by atoms with van der Waals surface area (Å²) >= 11 is 0. The van der Waals surface area contributed by atoms with Gasteiger partial charge < -0.3 is 14.9 Å². The number of anilines is 2. The summed E-state index contributed by atoms with van der Waals surface area (Å²) in [6.45, 7) is 11.1. The van der Waals surface area contributed by atoms with E-state index in [-0.39, 0.29) is 23.3 Å². The minimum Gasteiger partial charge on any atom is -0.491 e. The van der Waals surface area contributed by atoms with Gasteiger partial charge in [0.2, 0.25) is 0 Å². The molecule has 4 aromatic rings. The summed E-state index contributed by atoms with van der Waals surface area (Å²) in [5, 5.41) is 4.97. The van der Waals surface area contributed by atoms with Crippen LogP contribution in [0.2, 0.25) is 18.1 Å². The van der Waals surface area contributed by atoms with Crippen molar-refractivity contribution in [3.8, 4) is 5.75 Å². The number of fused-ring (bicyclic) bond motifs is 2. The second-order valence-electron chi connectivity index (χ2n) is 12.1. The average Bonchev–Trinajstić information content (AvgIpc) is 3.52. The molecule has 0 saturated carbocycles. The van der Waals surface area contributed by atoms with Gasteiger partial charge in [-0.1, -0.05) is 26.8 Å². The Labute approximate surface area is 243 Å². The van der Waals surface area contributed by atoms with E-state index in [0.29, 0.717) is 34.8 Å². The van der Waals surface area contributed by atoms with Crippen molar-refractivity contribution in [3.05, 3.63) is 77.1 Å². The predicted octanol–water partition coefficient (Wildman–Crippen LogP) is 6.87. The molecule has 222 valence electrons. The molecule has 8 nitrogen and oxygen atoms in total. The lowest BCUT2D eigenvalue weighted by molar-refractivity contribution is -0.137. The van der Waals surface area contributed by atoms with Gasteiger partial charge in [-0.25, -0.2) is 4.98 Å².